The predicted molar refractivity (Wildman–Crippen MR) is 58.1 cm³/mol. The number of carbonyl (C=O) groups excluding carboxylic acids is 1. The number of anilines is 1. The third kappa shape index (κ3) is 1.68. The molecular formula is C11H14N2O2. The minimum absolute atomic E-state index is 0.113. The number of aryl methyl sites for hydroxylation is 1. The van der Waals surface area contributed by atoms with E-state index in [0.29, 0.717) is 0 Å². The van der Waals surface area contributed by atoms with E-state index in [1.54, 1.807) is 11.9 Å². The van der Waals surface area contributed by atoms with Crippen LogP contribution in [0.2, 0.25) is 0 Å². The number of benzene rings is 1. The molecule has 0 aromatic heterocycles. The lowest BCUT2D eigenvalue weighted by Crippen LogP contribution is -2.43. The summed E-state index contributed by atoms with van der Waals surface area (Å²) in [6.45, 7) is 2.22. The Hall–Kier alpha value is -1.55. The maximum atomic E-state index is 11.7. The molecule has 0 bridgehead atoms. The summed E-state index contributed by atoms with van der Waals surface area (Å²) in [6, 6.07) is 5.16. The molecule has 0 saturated heterocycles. The lowest BCUT2D eigenvalue weighted by Gasteiger charge is -2.17. The number of ether oxygens (including phenoxy) is 1. The molecule has 80 valence electrons. The fourth-order valence-corrected chi connectivity index (χ4v) is 1.63. The van der Waals surface area contributed by atoms with Crippen LogP contribution in [-0.4, -0.2) is 25.6 Å². The van der Waals surface area contributed by atoms with Crippen molar-refractivity contribution in [3.8, 4) is 5.75 Å². The van der Waals surface area contributed by atoms with E-state index in [4.69, 9.17) is 10.5 Å². The number of amides is 1. The highest BCUT2D eigenvalue weighted by atomic mass is 16.5. The molecular weight excluding hydrogens is 192 g/mol. The summed E-state index contributed by atoms with van der Waals surface area (Å²) in [5.41, 5.74) is 7.55. The second kappa shape index (κ2) is 3.55. The van der Waals surface area contributed by atoms with Crippen LogP contribution in [-0.2, 0) is 4.79 Å². The first-order valence-electron chi connectivity index (χ1n) is 4.86. The van der Waals surface area contributed by atoms with Gasteiger partial charge in [-0.25, -0.2) is 0 Å². The number of rotatable bonds is 0. The fraction of sp³-hybridized carbons (Fsp3) is 0.364. The molecule has 1 aromatic carbocycles. The van der Waals surface area contributed by atoms with Crippen LogP contribution >= 0.6 is 0 Å². The Labute approximate surface area is 88.6 Å². The van der Waals surface area contributed by atoms with Crippen LogP contribution in [0.3, 0.4) is 0 Å². The number of nitrogens with two attached hydrogens (primary N) is 1. The Morgan fingerprint density at radius 1 is 1.53 bits per heavy atom. The van der Waals surface area contributed by atoms with Crippen molar-refractivity contribution in [3.05, 3.63) is 23.8 Å². The number of likely N-dealkylation sites (N-methyl/N-ethyl adjacent to an activating group) is 1. The van der Waals surface area contributed by atoms with E-state index in [9.17, 15) is 4.79 Å². The van der Waals surface area contributed by atoms with E-state index in [1.165, 1.54) is 0 Å². The average molecular weight is 206 g/mol. The highest BCUT2D eigenvalue weighted by molar-refractivity contribution is 5.98. The molecule has 0 aliphatic carbocycles. The molecule has 0 spiro atoms. The van der Waals surface area contributed by atoms with Crippen molar-refractivity contribution in [1.29, 1.82) is 0 Å². The number of hydrogen-bond donors (Lipinski definition) is 1. The van der Waals surface area contributed by atoms with Crippen LogP contribution in [0.4, 0.5) is 5.69 Å². The van der Waals surface area contributed by atoms with Crippen molar-refractivity contribution >= 4 is 11.6 Å². The smallest absolute Gasteiger partial charge is 0.247 e. The molecule has 1 heterocycles. The largest absolute Gasteiger partial charge is 0.489 e. The van der Waals surface area contributed by atoms with Gasteiger partial charge in [-0.15, -0.1) is 0 Å². The number of fused-ring (bicyclic) bond motifs is 1. The van der Waals surface area contributed by atoms with Gasteiger partial charge in [-0.05, 0) is 24.6 Å². The standard InChI is InChI=1S/C11H14N2O2/c1-7-3-4-9-10(5-7)15-6-8(12)11(14)13(9)2/h3-5,8H,6,12H2,1-2H3. The molecule has 4 nitrogen and oxygen atoms in total. The van der Waals surface area contributed by atoms with E-state index in [1.807, 2.05) is 25.1 Å². The lowest BCUT2D eigenvalue weighted by atomic mass is 10.2. The molecule has 4 heteroatoms. The van der Waals surface area contributed by atoms with Gasteiger partial charge < -0.3 is 15.4 Å². The molecule has 1 atom stereocenters. The van der Waals surface area contributed by atoms with E-state index >= 15 is 0 Å². The predicted octanol–water partition coefficient (Wildman–Crippen LogP) is 0.678. The van der Waals surface area contributed by atoms with E-state index in [2.05, 4.69) is 0 Å². The van der Waals surface area contributed by atoms with Crippen LogP contribution in [0.25, 0.3) is 0 Å². The zero-order valence-corrected chi connectivity index (χ0v) is 8.86. The topological polar surface area (TPSA) is 55.6 Å². The Balaban J connectivity index is 2.47. The molecule has 2 N–H and O–H groups in total. The third-order valence-corrected chi connectivity index (χ3v) is 2.54. The van der Waals surface area contributed by atoms with Crippen molar-refractivity contribution in [1.82, 2.24) is 0 Å². The molecule has 1 aliphatic rings. The van der Waals surface area contributed by atoms with Crippen molar-refractivity contribution in [2.45, 2.75) is 13.0 Å². The second-order valence-electron chi connectivity index (χ2n) is 3.79. The SMILES string of the molecule is Cc1ccc2c(c1)OCC(N)C(=O)N2C. The van der Waals surface area contributed by atoms with Gasteiger partial charge in [0.1, 0.15) is 18.4 Å². The first kappa shape index (κ1) is 9.98. The van der Waals surface area contributed by atoms with Gasteiger partial charge >= 0.3 is 0 Å². The van der Waals surface area contributed by atoms with Gasteiger partial charge in [-0.1, -0.05) is 6.07 Å². The normalized spacial score (nSPS) is 20.6. The molecule has 1 amide bonds. The van der Waals surface area contributed by atoms with Gasteiger partial charge in [-0.3, -0.25) is 4.79 Å². The number of hydrogen-bond acceptors (Lipinski definition) is 3. The summed E-state index contributed by atoms with van der Waals surface area (Å²) in [5, 5.41) is 0. The quantitative estimate of drug-likeness (QED) is 0.679. The average Bonchev–Trinajstić information content (AvgIpc) is 2.32. The number of nitrogens with zero attached hydrogens (tertiary/aromatic N) is 1. The molecule has 0 fully saturated rings. The molecule has 15 heavy (non-hydrogen) atoms. The molecule has 1 aliphatic heterocycles. The van der Waals surface area contributed by atoms with Gasteiger partial charge in [0.15, 0.2) is 0 Å². The third-order valence-electron chi connectivity index (χ3n) is 2.54. The van der Waals surface area contributed by atoms with Crippen LogP contribution in [0, 0.1) is 6.92 Å². The minimum Gasteiger partial charge on any atom is -0.489 e. The maximum absolute atomic E-state index is 11.7. The number of carbonyl (C=O) groups is 1. The highest BCUT2D eigenvalue weighted by Crippen LogP contribution is 2.30. The summed E-state index contributed by atoms with van der Waals surface area (Å²) in [5.74, 6) is 0.608. The summed E-state index contributed by atoms with van der Waals surface area (Å²) >= 11 is 0. The van der Waals surface area contributed by atoms with Gasteiger partial charge in [0, 0.05) is 7.05 Å². The Morgan fingerprint density at radius 2 is 2.27 bits per heavy atom. The highest BCUT2D eigenvalue weighted by Gasteiger charge is 2.26. The fourth-order valence-electron chi connectivity index (χ4n) is 1.63. The Morgan fingerprint density at radius 3 is 3.00 bits per heavy atom. The van der Waals surface area contributed by atoms with Crippen LogP contribution in [0.5, 0.6) is 5.75 Å². The van der Waals surface area contributed by atoms with E-state index < -0.39 is 6.04 Å². The molecule has 1 aromatic rings. The summed E-state index contributed by atoms with van der Waals surface area (Å²) < 4.78 is 5.49. The zero-order chi connectivity index (χ0) is 11.0. The monoisotopic (exact) mass is 206 g/mol. The Bertz CT molecular complexity index is 404. The van der Waals surface area contributed by atoms with Crippen molar-refractivity contribution < 1.29 is 9.53 Å². The summed E-state index contributed by atoms with van der Waals surface area (Å²) in [7, 11) is 1.71. The van der Waals surface area contributed by atoms with Gasteiger partial charge in [-0.2, -0.15) is 0 Å². The van der Waals surface area contributed by atoms with Crippen LogP contribution < -0.4 is 15.4 Å². The van der Waals surface area contributed by atoms with Crippen molar-refractivity contribution in [2.24, 2.45) is 5.73 Å². The van der Waals surface area contributed by atoms with Gasteiger partial charge in [0.25, 0.3) is 0 Å². The van der Waals surface area contributed by atoms with Gasteiger partial charge in [0.2, 0.25) is 5.91 Å². The zero-order valence-electron chi connectivity index (χ0n) is 8.86. The lowest BCUT2D eigenvalue weighted by molar-refractivity contribution is -0.119. The molecule has 2 rings (SSSR count). The molecule has 0 saturated carbocycles. The summed E-state index contributed by atoms with van der Waals surface area (Å²) in [6.07, 6.45) is 0. The van der Waals surface area contributed by atoms with E-state index in [-0.39, 0.29) is 12.5 Å². The van der Waals surface area contributed by atoms with Crippen LogP contribution in [0.15, 0.2) is 18.2 Å². The first-order chi connectivity index (χ1) is 7.09. The second-order valence-corrected chi connectivity index (χ2v) is 3.79. The van der Waals surface area contributed by atoms with Crippen molar-refractivity contribution in [3.63, 3.8) is 0 Å². The molecule has 1 unspecified atom stereocenters. The Kier molecular flexibility index (Phi) is 2.36. The molecule has 0 radical (unpaired) electrons. The summed E-state index contributed by atoms with van der Waals surface area (Å²) in [4.78, 5) is 13.3. The van der Waals surface area contributed by atoms with Crippen LogP contribution in [0.1, 0.15) is 5.56 Å². The van der Waals surface area contributed by atoms with Crippen molar-refractivity contribution in [2.75, 3.05) is 18.6 Å². The minimum atomic E-state index is -0.581. The van der Waals surface area contributed by atoms with Gasteiger partial charge in [0.05, 0.1) is 5.69 Å². The van der Waals surface area contributed by atoms with E-state index in [0.717, 1.165) is 17.0 Å². The first-order valence-corrected chi connectivity index (χ1v) is 4.86. The maximum Gasteiger partial charge on any atom is 0.247 e.